The zero-order valence-electron chi connectivity index (χ0n) is 12.6. The highest BCUT2D eigenvalue weighted by Gasteiger charge is 2.08. The van der Waals surface area contributed by atoms with Crippen LogP contribution in [-0.2, 0) is 21.7 Å². The van der Waals surface area contributed by atoms with E-state index in [4.69, 9.17) is 4.74 Å². The van der Waals surface area contributed by atoms with Gasteiger partial charge in [0.05, 0.1) is 18.6 Å². The molecule has 0 bridgehead atoms. The first-order valence-corrected chi connectivity index (χ1v) is 7.78. The Hall–Kier alpha value is -1.81. The summed E-state index contributed by atoms with van der Waals surface area (Å²) in [6.45, 7) is 4.08. The monoisotopic (exact) mass is 301 g/mol. The van der Waals surface area contributed by atoms with Crippen molar-refractivity contribution in [2.75, 3.05) is 7.11 Å². The fourth-order valence-corrected chi connectivity index (χ4v) is 3.19. The van der Waals surface area contributed by atoms with Crippen LogP contribution in [0.2, 0.25) is 0 Å². The molecule has 4 heteroatoms. The number of methoxy groups -OCH3 is 1. The number of aryl methyl sites for hydroxylation is 2. The molecule has 0 N–H and O–H groups in total. The largest absolute Gasteiger partial charge is 0.469 e. The van der Waals surface area contributed by atoms with Crippen LogP contribution in [0.1, 0.15) is 22.4 Å². The van der Waals surface area contributed by atoms with Crippen LogP contribution in [0.15, 0.2) is 41.4 Å². The normalized spacial score (nSPS) is 10.4. The van der Waals surface area contributed by atoms with Gasteiger partial charge in [-0.1, -0.05) is 24.3 Å². The second-order valence-electron chi connectivity index (χ2n) is 4.93. The Morgan fingerprint density at radius 1 is 1.19 bits per heavy atom. The van der Waals surface area contributed by atoms with Gasteiger partial charge in [-0.25, -0.2) is 4.98 Å². The van der Waals surface area contributed by atoms with Gasteiger partial charge in [0.25, 0.3) is 0 Å². The fourth-order valence-electron chi connectivity index (χ4n) is 2.13. The number of carbonyl (C=O) groups is 1. The molecule has 21 heavy (non-hydrogen) atoms. The van der Waals surface area contributed by atoms with Crippen molar-refractivity contribution in [2.45, 2.75) is 31.0 Å². The van der Waals surface area contributed by atoms with Crippen molar-refractivity contribution in [2.24, 2.45) is 0 Å². The molecule has 0 atom stereocenters. The van der Waals surface area contributed by atoms with Crippen LogP contribution in [0, 0.1) is 13.8 Å². The minimum absolute atomic E-state index is 0.211. The predicted octanol–water partition coefficient (Wildman–Crippen LogP) is 3.71. The van der Waals surface area contributed by atoms with E-state index in [2.05, 4.69) is 24.0 Å². The molecule has 0 saturated carbocycles. The molecule has 0 aliphatic carbocycles. The van der Waals surface area contributed by atoms with E-state index in [-0.39, 0.29) is 5.97 Å². The number of ether oxygens (including phenoxy) is 1. The van der Waals surface area contributed by atoms with Crippen LogP contribution in [0.25, 0.3) is 0 Å². The molecule has 1 aromatic heterocycles. The third kappa shape index (κ3) is 4.60. The van der Waals surface area contributed by atoms with Crippen LogP contribution >= 0.6 is 11.8 Å². The lowest BCUT2D eigenvalue weighted by atomic mass is 10.1. The van der Waals surface area contributed by atoms with Gasteiger partial charge in [-0.15, -0.1) is 11.8 Å². The zero-order valence-corrected chi connectivity index (χ0v) is 13.4. The molecule has 110 valence electrons. The van der Waals surface area contributed by atoms with Crippen LogP contribution in [0.5, 0.6) is 0 Å². The summed E-state index contributed by atoms with van der Waals surface area (Å²) < 4.78 is 4.75. The van der Waals surface area contributed by atoms with E-state index < -0.39 is 0 Å². The lowest BCUT2D eigenvalue weighted by molar-refractivity contribution is -0.139. The molecule has 0 unspecified atom stereocenters. The highest BCUT2D eigenvalue weighted by molar-refractivity contribution is 7.98. The Kier molecular flexibility index (Phi) is 5.39. The number of hydrogen-bond donors (Lipinski definition) is 0. The molecule has 0 radical (unpaired) electrons. The summed E-state index contributed by atoms with van der Waals surface area (Å²) >= 11 is 1.69. The average Bonchev–Trinajstić information content (AvgIpc) is 2.45. The molecular formula is C17H19NO2S. The minimum Gasteiger partial charge on any atom is -0.469 e. The number of nitrogens with zero attached hydrogens (tertiary/aromatic N) is 1. The quantitative estimate of drug-likeness (QED) is 0.623. The number of thioether (sulfide) groups is 1. The van der Waals surface area contributed by atoms with E-state index >= 15 is 0 Å². The number of hydrogen-bond acceptors (Lipinski definition) is 4. The highest BCUT2D eigenvalue weighted by Crippen LogP contribution is 2.24. The molecule has 0 amide bonds. The van der Waals surface area contributed by atoms with E-state index in [1.54, 1.807) is 11.8 Å². The number of carbonyl (C=O) groups excluding carboxylic acids is 1. The predicted molar refractivity (Wildman–Crippen MR) is 85.4 cm³/mol. The first-order valence-electron chi connectivity index (χ1n) is 6.80. The number of benzene rings is 1. The zero-order chi connectivity index (χ0) is 15.2. The van der Waals surface area contributed by atoms with Crippen LogP contribution in [0.4, 0.5) is 0 Å². The smallest absolute Gasteiger partial charge is 0.309 e. The van der Waals surface area contributed by atoms with Crippen molar-refractivity contribution in [1.29, 1.82) is 0 Å². The van der Waals surface area contributed by atoms with Gasteiger partial charge in [-0.3, -0.25) is 4.79 Å². The maximum atomic E-state index is 11.5. The Morgan fingerprint density at radius 2 is 1.90 bits per heavy atom. The van der Waals surface area contributed by atoms with Gasteiger partial charge in [-0.05, 0) is 42.7 Å². The van der Waals surface area contributed by atoms with Gasteiger partial charge in [0, 0.05) is 11.4 Å². The maximum absolute atomic E-state index is 11.5. The second kappa shape index (κ2) is 7.27. The van der Waals surface area contributed by atoms with Crippen LogP contribution in [-0.4, -0.2) is 18.1 Å². The molecule has 2 rings (SSSR count). The number of aromatic nitrogens is 1. The molecule has 0 spiro atoms. The van der Waals surface area contributed by atoms with Crippen molar-refractivity contribution >= 4 is 17.7 Å². The Balaban J connectivity index is 2.10. The third-order valence-corrected chi connectivity index (χ3v) is 4.09. The Labute approximate surface area is 129 Å². The molecule has 0 aliphatic heterocycles. The topological polar surface area (TPSA) is 39.2 Å². The lowest BCUT2D eigenvalue weighted by Gasteiger charge is -2.09. The van der Waals surface area contributed by atoms with Crippen LogP contribution in [0.3, 0.4) is 0 Å². The van der Waals surface area contributed by atoms with Gasteiger partial charge >= 0.3 is 5.97 Å². The van der Waals surface area contributed by atoms with Gasteiger partial charge in [-0.2, -0.15) is 0 Å². The Bertz CT molecular complexity index is 620. The molecule has 0 fully saturated rings. The summed E-state index contributed by atoms with van der Waals surface area (Å²) in [7, 11) is 1.42. The summed E-state index contributed by atoms with van der Waals surface area (Å²) in [4.78, 5) is 16.0. The molecule has 1 heterocycles. The van der Waals surface area contributed by atoms with Gasteiger partial charge < -0.3 is 4.74 Å². The van der Waals surface area contributed by atoms with Crippen molar-refractivity contribution < 1.29 is 9.53 Å². The number of pyridine rings is 1. The highest BCUT2D eigenvalue weighted by atomic mass is 32.2. The Morgan fingerprint density at radius 3 is 2.57 bits per heavy atom. The van der Waals surface area contributed by atoms with Gasteiger partial charge in [0.1, 0.15) is 0 Å². The molecule has 3 nitrogen and oxygen atoms in total. The molecule has 1 aromatic carbocycles. The van der Waals surface area contributed by atoms with E-state index in [0.29, 0.717) is 6.42 Å². The molecule has 0 saturated heterocycles. The second-order valence-corrected chi connectivity index (χ2v) is 5.93. The standard InChI is InChI=1S/C17H19NO2S/c1-12-8-13(2)18-16(9-12)21-11-15-7-5-4-6-14(15)10-17(19)20-3/h4-9H,10-11H2,1-3H3. The number of rotatable bonds is 5. The van der Waals surface area contributed by atoms with Crippen molar-refractivity contribution in [3.05, 3.63) is 58.8 Å². The first kappa shape index (κ1) is 15.6. The van der Waals surface area contributed by atoms with E-state index in [0.717, 1.165) is 27.6 Å². The molecule has 0 aliphatic rings. The third-order valence-electron chi connectivity index (χ3n) is 3.13. The van der Waals surface area contributed by atoms with Crippen molar-refractivity contribution in [1.82, 2.24) is 4.98 Å². The summed E-state index contributed by atoms with van der Waals surface area (Å²) in [6, 6.07) is 12.1. The first-order chi connectivity index (χ1) is 10.1. The van der Waals surface area contributed by atoms with Gasteiger partial charge in [0.2, 0.25) is 0 Å². The number of esters is 1. The van der Waals surface area contributed by atoms with E-state index in [9.17, 15) is 4.79 Å². The minimum atomic E-state index is -0.211. The maximum Gasteiger partial charge on any atom is 0.309 e. The summed E-state index contributed by atoms with van der Waals surface area (Å²) in [5.41, 5.74) is 4.41. The summed E-state index contributed by atoms with van der Waals surface area (Å²) in [5, 5.41) is 1.01. The van der Waals surface area contributed by atoms with Crippen molar-refractivity contribution in [3.63, 3.8) is 0 Å². The molecule has 2 aromatic rings. The van der Waals surface area contributed by atoms with Crippen LogP contribution < -0.4 is 0 Å². The van der Waals surface area contributed by atoms with Crippen molar-refractivity contribution in [3.8, 4) is 0 Å². The fraction of sp³-hybridized carbons (Fsp3) is 0.294. The van der Waals surface area contributed by atoms with E-state index in [1.165, 1.54) is 12.7 Å². The van der Waals surface area contributed by atoms with Gasteiger partial charge in [0.15, 0.2) is 0 Å². The summed E-state index contributed by atoms with van der Waals surface area (Å²) in [5.74, 6) is 0.584. The molecular weight excluding hydrogens is 282 g/mol. The lowest BCUT2D eigenvalue weighted by Crippen LogP contribution is -2.06. The van der Waals surface area contributed by atoms with E-state index in [1.807, 2.05) is 31.2 Å². The summed E-state index contributed by atoms with van der Waals surface area (Å²) in [6.07, 6.45) is 0.313. The average molecular weight is 301 g/mol. The SMILES string of the molecule is COC(=O)Cc1ccccc1CSc1cc(C)cc(C)n1.